The minimum Gasteiger partial charge on any atom is -0.472 e. The number of rotatable bonds is 10. The maximum atomic E-state index is 13.2. The van der Waals surface area contributed by atoms with Crippen LogP contribution >= 0.6 is 0 Å². The van der Waals surface area contributed by atoms with Crippen LogP contribution in [0.25, 0.3) is 0 Å². The third-order valence-electron chi connectivity index (χ3n) is 5.82. The Balaban J connectivity index is 1.33. The molecule has 0 saturated heterocycles. The van der Waals surface area contributed by atoms with E-state index in [1.807, 2.05) is 48.5 Å². The van der Waals surface area contributed by atoms with Crippen LogP contribution in [0.3, 0.4) is 0 Å². The number of nitrogens with one attached hydrogen (secondary N) is 1. The maximum Gasteiger partial charge on any atom is 0.274 e. The molecule has 0 bridgehead atoms. The fraction of sp³-hybridized carbons (Fsp3) is 0.296. The van der Waals surface area contributed by atoms with Gasteiger partial charge < -0.3 is 10.1 Å². The minimum absolute atomic E-state index is 0.100. The van der Waals surface area contributed by atoms with E-state index in [4.69, 9.17) is 4.74 Å². The van der Waals surface area contributed by atoms with E-state index in [0.717, 1.165) is 31.6 Å². The smallest absolute Gasteiger partial charge is 0.274 e. The molecule has 1 aliphatic heterocycles. The molecule has 7 nitrogen and oxygen atoms in total. The van der Waals surface area contributed by atoms with Crippen LogP contribution in [0.2, 0.25) is 0 Å². The number of carbonyl (C=O) groups is 2. The number of fused-ring (bicyclic) bond motifs is 1. The number of pyridine rings is 1. The molecule has 1 N–H and O–H groups in total. The Labute approximate surface area is 200 Å². The molecule has 0 aliphatic carbocycles. The standard InChI is InChI=1S/C27H30N4O3/c1-2-30(19-21-11-5-3-6-12-21)18-10-17-28-24(32)20-31-26-23(15-9-16-29-26)34-25(27(31)33)22-13-7-4-8-14-22/h3-9,11-16,25H,2,10,17-20H2,1H3,(H,28,32). The molecule has 0 saturated carbocycles. The third-order valence-corrected chi connectivity index (χ3v) is 5.82. The van der Waals surface area contributed by atoms with Gasteiger partial charge in [-0.3, -0.25) is 19.4 Å². The van der Waals surface area contributed by atoms with Gasteiger partial charge in [0.1, 0.15) is 6.54 Å². The number of hydrogen-bond acceptors (Lipinski definition) is 5. The van der Waals surface area contributed by atoms with Crippen molar-refractivity contribution in [2.45, 2.75) is 26.0 Å². The van der Waals surface area contributed by atoms with Gasteiger partial charge in [-0.05, 0) is 30.7 Å². The highest BCUT2D eigenvalue weighted by atomic mass is 16.5. The Hall–Kier alpha value is -3.71. The molecule has 1 atom stereocenters. The van der Waals surface area contributed by atoms with Crippen molar-refractivity contribution in [2.24, 2.45) is 0 Å². The Bertz CT molecular complexity index is 1090. The molecule has 34 heavy (non-hydrogen) atoms. The third kappa shape index (κ3) is 5.80. The molecule has 4 rings (SSSR count). The summed E-state index contributed by atoms with van der Waals surface area (Å²) in [4.78, 5) is 34.0. The zero-order chi connectivity index (χ0) is 23.8. The monoisotopic (exact) mass is 458 g/mol. The van der Waals surface area contributed by atoms with Gasteiger partial charge in [0.25, 0.3) is 5.91 Å². The predicted octanol–water partition coefficient (Wildman–Crippen LogP) is 3.58. The van der Waals surface area contributed by atoms with Crippen molar-refractivity contribution in [3.8, 4) is 5.75 Å². The average molecular weight is 459 g/mol. The molecule has 1 aromatic heterocycles. The molecule has 1 aliphatic rings. The fourth-order valence-corrected chi connectivity index (χ4v) is 4.01. The van der Waals surface area contributed by atoms with E-state index < -0.39 is 6.10 Å². The number of hydrogen-bond donors (Lipinski definition) is 1. The molecule has 2 aromatic carbocycles. The van der Waals surface area contributed by atoms with Crippen LogP contribution in [0.1, 0.15) is 30.6 Å². The van der Waals surface area contributed by atoms with E-state index in [2.05, 4.69) is 34.3 Å². The van der Waals surface area contributed by atoms with Gasteiger partial charge in [-0.15, -0.1) is 0 Å². The molecule has 1 unspecified atom stereocenters. The van der Waals surface area contributed by atoms with E-state index >= 15 is 0 Å². The number of nitrogens with zero attached hydrogens (tertiary/aromatic N) is 3. The summed E-state index contributed by atoms with van der Waals surface area (Å²) >= 11 is 0. The van der Waals surface area contributed by atoms with Gasteiger partial charge in [-0.1, -0.05) is 67.6 Å². The van der Waals surface area contributed by atoms with Crippen LogP contribution < -0.4 is 15.0 Å². The summed E-state index contributed by atoms with van der Waals surface area (Å²) in [6, 6.07) is 23.2. The van der Waals surface area contributed by atoms with Gasteiger partial charge in [0, 0.05) is 31.4 Å². The lowest BCUT2D eigenvalue weighted by molar-refractivity contribution is -0.129. The van der Waals surface area contributed by atoms with Crippen molar-refractivity contribution in [1.29, 1.82) is 0 Å². The molecule has 176 valence electrons. The van der Waals surface area contributed by atoms with Crippen molar-refractivity contribution in [1.82, 2.24) is 15.2 Å². The summed E-state index contributed by atoms with van der Waals surface area (Å²) < 4.78 is 5.94. The van der Waals surface area contributed by atoms with Crippen LogP contribution in [0.15, 0.2) is 79.0 Å². The number of anilines is 1. The lowest BCUT2D eigenvalue weighted by Gasteiger charge is -2.33. The zero-order valence-electron chi connectivity index (χ0n) is 19.4. The SMILES string of the molecule is CCN(CCCNC(=O)CN1C(=O)C(c2ccccc2)Oc2cccnc21)Cc1ccccc1. The van der Waals surface area contributed by atoms with E-state index in [-0.39, 0.29) is 18.4 Å². The normalized spacial score (nSPS) is 15.1. The quantitative estimate of drug-likeness (QED) is 0.470. The second kappa shape index (κ2) is 11.4. The highest BCUT2D eigenvalue weighted by Gasteiger charge is 2.37. The molecule has 7 heteroatoms. The van der Waals surface area contributed by atoms with Crippen molar-refractivity contribution in [3.63, 3.8) is 0 Å². The van der Waals surface area contributed by atoms with Crippen LogP contribution in [0.5, 0.6) is 5.75 Å². The molecule has 0 fully saturated rings. The molecule has 3 aromatic rings. The molecule has 2 heterocycles. The van der Waals surface area contributed by atoms with E-state index in [1.54, 1.807) is 18.3 Å². The highest BCUT2D eigenvalue weighted by Crippen LogP contribution is 2.36. The highest BCUT2D eigenvalue weighted by molar-refractivity contribution is 6.03. The second-order valence-electron chi connectivity index (χ2n) is 8.22. The first-order chi connectivity index (χ1) is 16.7. The first-order valence-corrected chi connectivity index (χ1v) is 11.7. The number of aromatic nitrogens is 1. The summed E-state index contributed by atoms with van der Waals surface area (Å²) in [7, 11) is 0. The van der Waals surface area contributed by atoms with Crippen molar-refractivity contribution >= 4 is 17.6 Å². The average Bonchev–Trinajstić information content (AvgIpc) is 2.88. The zero-order valence-corrected chi connectivity index (χ0v) is 19.4. The van der Waals surface area contributed by atoms with Gasteiger partial charge in [0.15, 0.2) is 11.6 Å². The Morgan fingerprint density at radius 1 is 1.06 bits per heavy atom. The lowest BCUT2D eigenvalue weighted by atomic mass is 10.1. The number of amides is 2. The molecule has 0 radical (unpaired) electrons. The topological polar surface area (TPSA) is 74.8 Å². The summed E-state index contributed by atoms with van der Waals surface area (Å²) in [5, 5.41) is 2.95. The van der Waals surface area contributed by atoms with E-state index in [1.165, 1.54) is 10.5 Å². The van der Waals surface area contributed by atoms with Crippen LogP contribution in [-0.2, 0) is 16.1 Å². The number of carbonyl (C=O) groups excluding carboxylic acids is 2. The molecule has 2 amide bonds. The van der Waals surface area contributed by atoms with Gasteiger partial charge in [0.2, 0.25) is 12.0 Å². The summed E-state index contributed by atoms with van der Waals surface area (Å²) in [6.45, 7) is 5.28. The lowest BCUT2D eigenvalue weighted by Crippen LogP contribution is -2.47. The van der Waals surface area contributed by atoms with Gasteiger partial charge in [-0.25, -0.2) is 4.98 Å². The number of benzene rings is 2. The van der Waals surface area contributed by atoms with Crippen molar-refractivity contribution in [3.05, 3.63) is 90.1 Å². The molecular formula is C27H30N4O3. The van der Waals surface area contributed by atoms with Crippen molar-refractivity contribution < 1.29 is 14.3 Å². The Morgan fingerprint density at radius 2 is 1.79 bits per heavy atom. The molecular weight excluding hydrogens is 428 g/mol. The summed E-state index contributed by atoms with van der Waals surface area (Å²) in [6.07, 6.45) is 1.61. The minimum atomic E-state index is -0.804. The number of ether oxygens (including phenoxy) is 1. The first kappa shape index (κ1) is 23.4. The van der Waals surface area contributed by atoms with Crippen LogP contribution in [0, 0.1) is 0 Å². The Morgan fingerprint density at radius 3 is 2.53 bits per heavy atom. The van der Waals surface area contributed by atoms with Gasteiger partial charge >= 0.3 is 0 Å². The van der Waals surface area contributed by atoms with Gasteiger partial charge in [-0.2, -0.15) is 0 Å². The maximum absolute atomic E-state index is 13.2. The molecule has 0 spiro atoms. The summed E-state index contributed by atoms with van der Waals surface area (Å²) in [5.74, 6) is 0.343. The first-order valence-electron chi connectivity index (χ1n) is 11.7. The fourth-order valence-electron chi connectivity index (χ4n) is 4.01. The van der Waals surface area contributed by atoms with E-state index in [9.17, 15) is 9.59 Å². The summed E-state index contributed by atoms with van der Waals surface area (Å²) in [5.41, 5.74) is 2.02. The largest absolute Gasteiger partial charge is 0.472 e. The predicted molar refractivity (Wildman–Crippen MR) is 131 cm³/mol. The van der Waals surface area contributed by atoms with Crippen LogP contribution in [0.4, 0.5) is 5.82 Å². The van der Waals surface area contributed by atoms with Crippen molar-refractivity contribution in [2.75, 3.05) is 31.1 Å². The second-order valence-corrected chi connectivity index (χ2v) is 8.22. The van der Waals surface area contributed by atoms with E-state index in [0.29, 0.717) is 18.1 Å². The Kier molecular flexibility index (Phi) is 7.88. The van der Waals surface area contributed by atoms with Gasteiger partial charge in [0.05, 0.1) is 0 Å². The van der Waals surface area contributed by atoms with Crippen LogP contribution in [-0.4, -0.2) is 47.9 Å².